The molecule has 2 aromatic rings. The van der Waals surface area contributed by atoms with Crippen LogP contribution in [-0.2, 0) is 14.8 Å². The number of rotatable bonds is 4. The number of sulfonamides is 1. The molecule has 0 aliphatic carbocycles. The maximum atomic E-state index is 13.3. The molecule has 7 heteroatoms. The summed E-state index contributed by atoms with van der Waals surface area (Å²) in [5.41, 5.74) is 1.53. The maximum absolute atomic E-state index is 13.3. The molecule has 1 amide bonds. The fraction of sp³-hybridized carbons (Fsp3) is 0.381. The van der Waals surface area contributed by atoms with Crippen molar-refractivity contribution >= 4 is 27.3 Å². The van der Waals surface area contributed by atoms with Crippen LogP contribution in [0, 0.1) is 6.92 Å². The number of amides is 1. The summed E-state index contributed by atoms with van der Waals surface area (Å²) in [5, 5.41) is 0. The predicted octanol–water partition coefficient (Wildman–Crippen LogP) is 3.73. The third kappa shape index (κ3) is 3.71. The van der Waals surface area contributed by atoms with Crippen LogP contribution in [0.2, 0.25) is 0 Å². The highest BCUT2D eigenvalue weighted by atomic mass is 32.2. The van der Waals surface area contributed by atoms with E-state index in [0.717, 1.165) is 5.56 Å². The number of nitrogens with zero attached hydrogens (tertiary/aromatic N) is 2. The lowest BCUT2D eigenvalue weighted by Gasteiger charge is -2.39. The molecule has 2 aromatic carbocycles. The normalized spacial score (nSPS) is 15.5. The Hall–Kier alpha value is -2.54. The first-order valence-electron chi connectivity index (χ1n) is 9.26. The smallest absolute Gasteiger partial charge is 0.264 e. The second-order valence-electron chi connectivity index (χ2n) is 7.61. The Balaban J connectivity index is 2.08. The molecule has 150 valence electrons. The van der Waals surface area contributed by atoms with Crippen LogP contribution in [0.5, 0.6) is 5.75 Å². The number of ether oxygens (including phenoxy) is 1. The van der Waals surface area contributed by atoms with Crippen molar-refractivity contribution in [2.45, 2.75) is 45.1 Å². The average molecular weight is 403 g/mol. The zero-order valence-electron chi connectivity index (χ0n) is 16.9. The Labute approximate surface area is 166 Å². The van der Waals surface area contributed by atoms with Gasteiger partial charge in [0.15, 0.2) is 0 Å². The van der Waals surface area contributed by atoms with Crippen molar-refractivity contribution in [1.82, 2.24) is 0 Å². The molecular formula is C21H26N2O4S. The van der Waals surface area contributed by atoms with Crippen molar-refractivity contribution in [3.63, 3.8) is 0 Å². The molecule has 6 nitrogen and oxygen atoms in total. The molecule has 0 saturated carbocycles. The van der Waals surface area contributed by atoms with Gasteiger partial charge in [-0.3, -0.25) is 9.10 Å². The highest BCUT2D eigenvalue weighted by Gasteiger charge is 2.35. The van der Waals surface area contributed by atoms with Gasteiger partial charge in [0.05, 0.1) is 22.8 Å². The summed E-state index contributed by atoms with van der Waals surface area (Å²) in [4.78, 5) is 13.9. The number of fused-ring (bicyclic) bond motifs is 1. The van der Waals surface area contributed by atoms with Crippen LogP contribution in [0.1, 0.15) is 33.3 Å². The van der Waals surface area contributed by atoms with Crippen LogP contribution in [0.25, 0.3) is 0 Å². The number of anilines is 2. The van der Waals surface area contributed by atoms with Crippen molar-refractivity contribution in [3.05, 3.63) is 48.0 Å². The van der Waals surface area contributed by atoms with Crippen molar-refractivity contribution in [1.29, 1.82) is 0 Å². The summed E-state index contributed by atoms with van der Waals surface area (Å²) in [7, 11) is -3.79. The van der Waals surface area contributed by atoms with Gasteiger partial charge in [-0.15, -0.1) is 0 Å². The summed E-state index contributed by atoms with van der Waals surface area (Å²) < 4.78 is 34.0. The lowest BCUT2D eigenvalue weighted by Crippen LogP contribution is -2.48. The van der Waals surface area contributed by atoms with Crippen LogP contribution >= 0.6 is 0 Å². The van der Waals surface area contributed by atoms with E-state index in [2.05, 4.69) is 0 Å². The number of carbonyl (C=O) groups excluding carboxylic acids is 1. The summed E-state index contributed by atoms with van der Waals surface area (Å²) in [6.45, 7) is 9.63. The van der Waals surface area contributed by atoms with Gasteiger partial charge in [0, 0.05) is 13.5 Å². The molecule has 1 heterocycles. The van der Waals surface area contributed by atoms with Gasteiger partial charge in [0.25, 0.3) is 10.0 Å². The minimum absolute atomic E-state index is 0.129. The molecule has 0 bridgehead atoms. The number of hydrogen-bond acceptors (Lipinski definition) is 4. The highest BCUT2D eigenvalue weighted by Crippen LogP contribution is 2.39. The van der Waals surface area contributed by atoms with E-state index in [9.17, 15) is 13.2 Å². The minimum atomic E-state index is -3.79. The number of hydrogen-bond donors (Lipinski definition) is 0. The average Bonchev–Trinajstić information content (AvgIpc) is 2.60. The fourth-order valence-corrected chi connectivity index (χ4v) is 4.92. The molecule has 0 atom stereocenters. The maximum Gasteiger partial charge on any atom is 0.264 e. The zero-order chi connectivity index (χ0) is 20.7. The Morgan fingerprint density at radius 2 is 1.93 bits per heavy atom. The number of carbonyl (C=O) groups is 1. The summed E-state index contributed by atoms with van der Waals surface area (Å²) in [6, 6.07) is 12.1. The number of aryl methyl sites for hydroxylation is 1. The molecule has 0 unspecified atom stereocenters. The van der Waals surface area contributed by atoms with E-state index >= 15 is 0 Å². The minimum Gasteiger partial charge on any atom is -0.484 e. The molecule has 0 N–H and O–H groups in total. The second kappa shape index (κ2) is 7.13. The second-order valence-corrected chi connectivity index (χ2v) is 9.47. The van der Waals surface area contributed by atoms with E-state index in [1.165, 1.54) is 23.4 Å². The van der Waals surface area contributed by atoms with Crippen LogP contribution in [0.4, 0.5) is 11.4 Å². The lowest BCUT2D eigenvalue weighted by molar-refractivity contribution is -0.117. The van der Waals surface area contributed by atoms with E-state index in [0.29, 0.717) is 30.2 Å². The van der Waals surface area contributed by atoms with Gasteiger partial charge in [0.2, 0.25) is 5.91 Å². The van der Waals surface area contributed by atoms with E-state index in [4.69, 9.17) is 4.74 Å². The molecule has 1 aliphatic heterocycles. The first kappa shape index (κ1) is 20.2. The van der Waals surface area contributed by atoms with Gasteiger partial charge in [-0.05, 0) is 63.6 Å². The summed E-state index contributed by atoms with van der Waals surface area (Å²) in [5.74, 6) is 0.349. The summed E-state index contributed by atoms with van der Waals surface area (Å²) in [6.07, 6.45) is 0. The van der Waals surface area contributed by atoms with Gasteiger partial charge in [-0.2, -0.15) is 0 Å². The molecule has 0 fully saturated rings. The predicted molar refractivity (Wildman–Crippen MR) is 111 cm³/mol. The molecule has 0 radical (unpaired) electrons. The van der Waals surface area contributed by atoms with Crippen LogP contribution in [0.15, 0.2) is 47.4 Å². The standard InChI is InChI=1S/C21H26N2O4S/c1-6-23(17-9-7-8-15(2)12-17)28(25,26)18-10-11-20-19(13-18)22(16(3)24)14-21(4,5)27-20/h7-13H,6,14H2,1-5H3. The van der Waals surface area contributed by atoms with Gasteiger partial charge < -0.3 is 9.64 Å². The van der Waals surface area contributed by atoms with E-state index in [-0.39, 0.29) is 10.8 Å². The Morgan fingerprint density at radius 1 is 1.21 bits per heavy atom. The van der Waals surface area contributed by atoms with Gasteiger partial charge in [0.1, 0.15) is 11.4 Å². The van der Waals surface area contributed by atoms with Crippen molar-refractivity contribution in [2.75, 3.05) is 22.3 Å². The van der Waals surface area contributed by atoms with Crippen LogP contribution in [-0.4, -0.2) is 33.0 Å². The first-order valence-corrected chi connectivity index (χ1v) is 10.7. The molecule has 1 aliphatic rings. The van der Waals surface area contributed by atoms with Gasteiger partial charge in [-0.1, -0.05) is 12.1 Å². The van der Waals surface area contributed by atoms with E-state index < -0.39 is 15.6 Å². The van der Waals surface area contributed by atoms with Crippen LogP contribution < -0.4 is 13.9 Å². The monoisotopic (exact) mass is 402 g/mol. The third-order valence-electron chi connectivity index (χ3n) is 4.69. The van der Waals surface area contributed by atoms with Crippen LogP contribution in [0.3, 0.4) is 0 Å². The molecule has 0 spiro atoms. The van der Waals surface area contributed by atoms with Gasteiger partial charge in [-0.25, -0.2) is 8.42 Å². The Morgan fingerprint density at radius 3 is 2.54 bits per heavy atom. The third-order valence-corrected chi connectivity index (χ3v) is 6.59. The van der Waals surface area contributed by atoms with Gasteiger partial charge >= 0.3 is 0 Å². The van der Waals surface area contributed by atoms with E-state index in [1.54, 1.807) is 24.0 Å². The summed E-state index contributed by atoms with van der Waals surface area (Å²) >= 11 is 0. The van der Waals surface area contributed by atoms with Crippen molar-refractivity contribution in [2.24, 2.45) is 0 Å². The topological polar surface area (TPSA) is 66.9 Å². The first-order chi connectivity index (χ1) is 13.0. The molecule has 3 rings (SSSR count). The number of benzene rings is 2. The largest absolute Gasteiger partial charge is 0.484 e. The molecular weight excluding hydrogens is 376 g/mol. The molecule has 0 aromatic heterocycles. The fourth-order valence-electron chi connectivity index (χ4n) is 3.43. The lowest BCUT2D eigenvalue weighted by atomic mass is 10.1. The molecule has 0 saturated heterocycles. The van der Waals surface area contributed by atoms with Crippen molar-refractivity contribution < 1.29 is 17.9 Å². The zero-order valence-corrected chi connectivity index (χ0v) is 17.7. The Kier molecular flexibility index (Phi) is 5.14. The highest BCUT2D eigenvalue weighted by molar-refractivity contribution is 7.92. The van der Waals surface area contributed by atoms with E-state index in [1.807, 2.05) is 39.0 Å². The Bertz CT molecular complexity index is 1010. The van der Waals surface area contributed by atoms with Crippen molar-refractivity contribution in [3.8, 4) is 5.75 Å². The quantitative estimate of drug-likeness (QED) is 0.781. The molecule has 28 heavy (non-hydrogen) atoms. The SMILES string of the molecule is CCN(c1cccc(C)c1)S(=O)(=O)c1ccc2c(c1)N(C(C)=O)CC(C)(C)O2.